The lowest BCUT2D eigenvalue weighted by Gasteiger charge is -2.43. The molecule has 0 radical (unpaired) electrons. The molecule has 2 saturated heterocycles. The highest BCUT2D eigenvalue weighted by Crippen LogP contribution is 2.39. The molecule has 4 rings (SSSR count). The Kier molecular flexibility index (Phi) is 6.34. The fourth-order valence-corrected chi connectivity index (χ4v) is 4.32. The number of rotatable bonds is 7. The number of carbonyl (C=O) groups excluding carboxylic acids is 2. The second-order valence-corrected chi connectivity index (χ2v) is 8.32. The molecule has 2 aromatic rings. The van der Waals surface area contributed by atoms with Crippen molar-refractivity contribution in [2.24, 2.45) is 0 Å². The number of ketones is 1. The molecule has 2 heterocycles. The fraction of sp³-hybridized carbons (Fsp3) is 0.417. The van der Waals surface area contributed by atoms with Crippen LogP contribution in [-0.4, -0.2) is 40.4 Å². The van der Waals surface area contributed by atoms with Crippen molar-refractivity contribution in [1.82, 2.24) is 10.1 Å². The third-order valence-corrected chi connectivity index (χ3v) is 6.03. The highest BCUT2D eigenvalue weighted by atomic mass is 19.1. The summed E-state index contributed by atoms with van der Waals surface area (Å²) in [5, 5.41) is 3.39. The smallest absolute Gasteiger partial charge is 0.246 e. The number of carbonyl (C=O) groups is 2. The maximum atomic E-state index is 13.9. The van der Waals surface area contributed by atoms with Crippen LogP contribution in [0.1, 0.15) is 43.7 Å². The van der Waals surface area contributed by atoms with Gasteiger partial charge in [-0.3, -0.25) is 14.4 Å². The number of nitrogens with zero attached hydrogens (tertiary/aromatic N) is 2. The van der Waals surface area contributed by atoms with Crippen LogP contribution in [0.3, 0.4) is 0 Å². The first-order valence-electron chi connectivity index (χ1n) is 10.7. The van der Waals surface area contributed by atoms with Gasteiger partial charge in [0.15, 0.2) is 0 Å². The highest BCUT2D eigenvalue weighted by Gasteiger charge is 2.48. The molecular weight excluding hydrogens is 399 g/mol. The molecule has 2 aromatic carbocycles. The van der Waals surface area contributed by atoms with E-state index in [0.717, 1.165) is 30.6 Å². The number of hydroxylamine groups is 4. The van der Waals surface area contributed by atoms with Gasteiger partial charge < -0.3 is 4.84 Å². The van der Waals surface area contributed by atoms with E-state index in [1.807, 2.05) is 29.3 Å². The average Bonchev–Trinajstić information content (AvgIpc) is 3.05. The van der Waals surface area contributed by atoms with Gasteiger partial charge in [0.2, 0.25) is 5.91 Å². The SMILES string of the molecule is CC(=O)Cc1ccc(ON2CCC3(CCC(=O)N3OCc3ccccc3F)CC2)cc1. The zero-order valence-electron chi connectivity index (χ0n) is 17.7. The third-order valence-electron chi connectivity index (χ3n) is 6.03. The van der Waals surface area contributed by atoms with Crippen molar-refractivity contribution in [3.05, 3.63) is 65.5 Å². The van der Waals surface area contributed by atoms with Gasteiger partial charge in [0.05, 0.1) is 5.54 Å². The number of piperidine rings is 1. The topological polar surface area (TPSA) is 59.1 Å². The van der Waals surface area contributed by atoms with Gasteiger partial charge in [0.25, 0.3) is 0 Å². The van der Waals surface area contributed by atoms with Crippen LogP contribution < -0.4 is 4.84 Å². The summed E-state index contributed by atoms with van der Waals surface area (Å²) < 4.78 is 13.9. The maximum Gasteiger partial charge on any atom is 0.246 e. The molecule has 0 aliphatic carbocycles. The third kappa shape index (κ3) is 4.94. The summed E-state index contributed by atoms with van der Waals surface area (Å²) in [6.45, 7) is 2.92. The van der Waals surface area contributed by atoms with Crippen molar-refractivity contribution in [2.75, 3.05) is 13.1 Å². The van der Waals surface area contributed by atoms with Crippen LogP contribution in [0, 0.1) is 5.82 Å². The van der Waals surface area contributed by atoms with Gasteiger partial charge in [-0.25, -0.2) is 9.45 Å². The minimum absolute atomic E-state index is 0.0347. The van der Waals surface area contributed by atoms with Gasteiger partial charge in [-0.1, -0.05) is 30.3 Å². The summed E-state index contributed by atoms with van der Waals surface area (Å²) in [6.07, 6.45) is 3.03. The Morgan fingerprint density at radius 3 is 2.45 bits per heavy atom. The van der Waals surface area contributed by atoms with Gasteiger partial charge >= 0.3 is 0 Å². The summed E-state index contributed by atoms with van der Waals surface area (Å²) in [6, 6.07) is 14.0. The number of hydrogen-bond acceptors (Lipinski definition) is 5. The summed E-state index contributed by atoms with van der Waals surface area (Å²) in [5.74, 6) is 0.466. The van der Waals surface area contributed by atoms with E-state index in [1.54, 1.807) is 25.1 Å². The Morgan fingerprint density at radius 2 is 1.77 bits per heavy atom. The van der Waals surface area contributed by atoms with Crippen molar-refractivity contribution < 1.29 is 23.7 Å². The van der Waals surface area contributed by atoms with E-state index in [2.05, 4.69) is 0 Å². The molecule has 0 unspecified atom stereocenters. The molecule has 0 N–H and O–H groups in total. The standard InChI is InChI=1S/C24H27FN2O4/c1-18(28)16-19-6-8-21(9-7-19)31-26-14-12-24(13-15-26)11-10-23(29)27(24)30-17-20-4-2-3-5-22(20)25/h2-9H,10-17H2,1H3. The first kappa shape index (κ1) is 21.5. The molecule has 6 nitrogen and oxygen atoms in total. The molecule has 0 aromatic heterocycles. The molecule has 2 aliphatic heterocycles. The first-order chi connectivity index (χ1) is 14.9. The van der Waals surface area contributed by atoms with Gasteiger partial charge in [-0.15, -0.1) is 5.06 Å². The Balaban J connectivity index is 1.34. The first-order valence-corrected chi connectivity index (χ1v) is 10.7. The van der Waals surface area contributed by atoms with Gasteiger partial charge in [0.1, 0.15) is 24.0 Å². The molecule has 0 saturated carbocycles. The lowest BCUT2D eigenvalue weighted by Crippen LogP contribution is -2.53. The predicted octanol–water partition coefficient (Wildman–Crippen LogP) is 3.84. The number of amides is 1. The van der Waals surface area contributed by atoms with E-state index < -0.39 is 0 Å². The minimum atomic E-state index is -0.368. The van der Waals surface area contributed by atoms with E-state index in [0.29, 0.717) is 31.5 Å². The van der Waals surface area contributed by atoms with Crippen LogP contribution >= 0.6 is 0 Å². The summed E-state index contributed by atoms with van der Waals surface area (Å²) >= 11 is 0. The molecule has 1 amide bonds. The van der Waals surface area contributed by atoms with Crippen LogP contribution in [0.25, 0.3) is 0 Å². The second-order valence-electron chi connectivity index (χ2n) is 8.32. The normalized spacial score (nSPS) is 18.5. The lowest BCUT2D eigenvalue weighted by molar-refractivity contribution is -0.230. The fourth-order valence-electron chi connectivity index (χ4n) is 4.32. The number of hydrogen-bond donors (Lipinski definition) is 0. The molecule has 164 valence electrons. The summed E-state index contributed by atoms with van der Waals surface area (Å²) in [4.78, 5) is 35.5. The van der Waals surface area contributed by atoms with E-state index in [-0.39, 0.29) is 29.7 Å². The van der Waals surface area contributed by atoms with Crippen molar-refractivity contribution in [1.29, 1.82) is 0 Å². The molecule has 7 heteroatoms. The Labute approximate surface area is 181 Å². The summed E-state index contributed by atoms with van der Waals surface area (Å²) in [7, 11) is 0. The second kappa shape index (κ2) is 9.16. The highest BCUT2D eigenvalue weighted by molar-refractivity contribution is 5.78. The van der Waals surface area contributed by atoms with Crippen molar-refractivity contribution >= 4 is 11.7 Å². The van der Waals surface area contributed by atoms with Crippen LogP contribution in [0.15, 0.2) is 48.5 Å². The molecule has 31 heavy (non-hydrogen) atoms. The number of Topliss-reactive ketones (excluding diaryl/α,β-unsaturated/α-hetero) is 1. The largest absolute Gasteiger partial charge is 0.406 e. The molecule has 0 atom stereocenters. The lowest BCUT2D eigenvalue weighted by atomic mass is 9.86. The monoisotopic (exact) mass is 426 g/mol. The molecule has 2 fully saturated rings. The van der Waals surface area contributed by atoms with Crippen molar-refractivity contribution in [3.8, 4) is 5.75 Å². The molecule has 2 aliphatic rings. The van der Waals surface area contributed by atoms with E-state index in [4.69, 9.17) is 9.68 Å². The van der Waals surface area contributed by atoms with E-state index in [9.17, 15) is 14.0 Å². The van der Waals surface area contributed by atoms with E-state index in [1.165, 1.54) is 11.1 Å². The molecular formula is C24H27FN2O4. The van der Waals surface area contributed by atoms with Gasteiger partial charge in [-0.2, -0.15) is 0 Å². The van der Waals surface area contributed by atoms with Gasteiger partial charge in [-0.05, 0) is 49.9 Å². The molecule has 0 bridgehead atoms. The summed E-state index contributed by atoms with van der Waals surface area (Å²) in [5.41, 5.74) is 1.03. The van der Waals surface area contributed by atoms with Crippen molar-refractivity contribution in [3.63, 3.8) is 0 Å². The van der Waals surface area contributed by atoms with Crippen molar-refractivity contribution in [2.45, 2.75) is 51.2 Å². The van der Waals surface area contributed by atoms with Gasteiger partial charge in [0, 0.05) is 31.5 Å². The zero-order chi connectivity index (χ0) is 21.8. The van der Waals surface area contributed by atoms with E-state index >= 15 is 0 Å². The van der Waals surface area contributed by atoms with Crippen LogP contribution in [0.5, 0.6) is 5.75 Å². The Morgan fingerprint density at radius 1 is 1.06 bits per heavy atom. The zero-order valence-corrected chi connectivity index (χ0v) is 17.7. The quantitative estimate of drug-likeness (QED) is 0.673. The number of halogens is 1. The maximum absolute atomic E-state index is 13.9. The molecule has 1 spiro atoms. The van der Waals surface area contributed by atoms with Crippen LogP contribution in [-0.2, 0) is 27.5 Å². The Hall–Kier alpha value is -2.77. The van der Waals surface area contributed by atoms with Crippen LogP contribution in [0.2, 0.25) is 0 Å². The minimum Gasteiger partial charge on any atom is -0.406 e. The average molecular weight is 426 g/mol. The number of benzene rings is 2. The van der Waals surface area contributed by atoms with Crippen LogP contribution in [0.4, 0.5) is 4.39 Å². The predicted molar refractivity (Wildman–Crippen MR) is 112 cm³/mol. The Bertz CT molecular complexity index is 939.